The Morgan fingerprint density at radius 2 is 1.82 bits per heavy atom. The van der Waals surface area contributed by atoms with E-state index in [9.17, 15) is 9.59 Å². The predicted molar refractivity (Wildman–Crippen MR) is 107 cm³/mol. The molecule has 2 heterocycles. The fourth-order valence-corrected chi connectivity index (χ4v) is 2.60. The van der Waals surface area contributed by atoms with Gasteiger partial charge in [-0.15, -0.1) is 0 Å². The van der Waals surface area contributed by atoms with Gasteiger partial charge >= 0.3 is 0 Å². The number of benzene rings is 1. The molecule has 28 heavy (non-hydrogen) atoms. The van der Waals surface area contributed by atoms with Gasteiger partial charge < -0.3 is 16.4 Å². The minimum Gasteiger partial charge on any atom is -0.384 e. The van der Waals surface area contributed by atoms with E-state index in [2.05, 4.69) is 20.6 Å². The Balaban J connectivity index is 1.47. The number of nitrogens with two attached hydrogens (primary N) is 1. The van der Waals surface area contributed by atoms with Gasteiger partial charge in [-0.2, -0.15) is 0 Å². The second kappa shape index (κ2) is 9.27. The van der Waals surface area contributed by atoms with E-state index in [-0.39, 0.29) is 11.8 Å². The van der Waals surface area contributed by atoms with E-state index in [1.54, 1.807) is 36.7 Å². The number of hydrogen-bond donors (Lipinski definition) is 3. The molecule has 0 aliphatic rings. The van der Waals surface area contributed by atoms with E-state index in [4.69, 9.17) is 5.73 Å². The van der Waals surface area contributed by atoms with Crippen molar-refractivity contribution in [1.29, 1.82) is 0 Å². The molecule has 0 spiro atoms. The molecule has 0 radical (unpaired) electrons. The van der Waals surface area contributed by atoms with Crippen molar-refractivity contribution < 1.29 is 9.59 Å². The smallest absolute Gasteiger partial charge is 0.255 e. The van der Waals surface area contributed by atoms with Crippen LogP contribution in [-0.2, 0) is 17.8 Å². The van der Waals surface area contributed by atoms with Gasteiger partial charge in [-0.1, -0.05) is 18.2 Å². The summed E-state index contributed by atoms with van der Waals surface area (Å²) in [5.41, 5.74) is 8.65. The fourth-order valence-electron chi connectivity index (χ4n) is 2.60. The average Bonchev–Trinajstić information content (AvgIpc) is 2.72. The third kappa shape index (κ3) is 5.63. The number of aryl methyl sites for hydroxylation is 1. The summed E-state index contributed by atoms with van der Waals surface area (Å²) in [7, 11) is 0. The Kier molecular flexibility index (Phi) is 6.30. The lowest BCUT2D eigenvalue weighted by atomic mass is 10.1. The normalized spacial score (nSPS) is 10.3. The summed E-state index contributed by atoms with van der Waals surface area (Å²) in [4.78, 5) is 32.2. The highest BCUT2D eigenvalue weighted by Gasteiger charge is 2.07. The van der Waals surface area contributed by atoms with E-state index >= 15 is 0 Å². The molecule has 4 N–H and O–H groups in total. The monoisotopic (exact) mass is 375 g/mol. The molecule has 3 rings (SSSR count). The lowest BCUT2D eigenvalue weighted by Crippen LogP contribution is -2.23. The molecule has 0 bridgehead atoms. The number of anilines is 2. The van der Waals surface area contributed by atoms with Gasteiger partial charge in [-0.3, -0.25) is 14.6 Å². The number of hydrogen-bond acceptors (Lipinski definition) is 5. The first-order valence-electron chi connectivity index (χ1n) is 8.87. The number of pyridine rings is 2. The van der Waals surface area contributed by atoms with Crippen molar-refractivity contribution in [2.75, 3.05) is 11.1 Å². The second-order valence-electron chi connectivity index (χ2n) is 6.26. The number of carbonyl (C=O) groups is 2. The molecule has 0 saturated heterocycles. The first-order valence-corrected chi connectivity index (χ1v) is 8.87. The van der Waals surface area contributed by atoms with Gasteiger partial charge in [-0.25, -0.2) is 4.98 Å². The number of nitrogen functional groups attached to an aromatic ring is 1. The van der Waals surface area contributed by atoms with Crippen LogP contribution in [0.15, 0.2) is 67.1 Å². The van der Waals surface area contributed by atoms with Crippen LogP contribution in [0.25, 0.3) is 0 Å². The van der Waals surface area contributed by atoms with Crippen LogP contribution >= 0.6 is 0 Å². The first kappa shape index (κ1) is 19.0. The zero-order valence-corrected chi connectivity index (χ0v) is 15.3. The fraction of sp³-hybridized carbons (Fsp3) is 0.143. The molecule has 0 saturated carbocycles. The van der Waals surface area contributed by atoms with Crippen LogP contribution in [0, 0.1) is 0 Å². The van der Waals surface area contributed by atoms with Gasteiger partial charge in [0.05, 0.1) is 0 Å². The summed E-state index contributed by atoms with van der Waals surface area (Å²) in [6.07, 6.45) is 6.06. The second-order valence-corrected chi connectivity index (χ2v) is 6.26. The van der Waals surface area contributed by atoms with Crippen molar-refractivity contribution in [2.24, 2.45) is 0 Å². The zero-order valence-electron chi connectivity index (χ0n) is 15.3. The number of amides is 2. The molecule has 2 amide bonds. The molecule has 142 valence electrons. The average molecular weight is 375 g/mol. The zero-order chi connectivity index (χ0) is 19.8. The maximum absolute atomic E-state index is 12.3. The quantitative estimate of drug-likeness (QED) is 0.588. The molecular weight excluding hydrogens is 354 g/mol. The van der Waals surface area contributed by atoms with E-state index in [1.807, 2.05) is 24.3 Å². The van der Waals surface area contributed by atoms with Gasteiger partial charge in [0.25, 0.3) is 5.91 Å². The number of rotatable bonds is 7. The molecule has 7 heteroatoms. The van der Waals surface area contributed by atoms with Crippen LogP contribution in [0.5, 0.6) is 0 Å². The lowest BCUT2D eigenvalue weighted by molar-refractivity contribution is -0.121. The predicted octanol–water partition coefficient (Wildman–Crippen LogP) is 2.56. The van der Waals surface area contributed by atoms with Crippen LogP contribution in [0.1, 0.15) is 27.9 Å². The van der Waals surface area contributed by atoms with Crippen molar-refractivity contribution in [1.82, 2.24) is 15.3 Å². The van der Waals surface area contributed by atoms with Crippen LogP contribution in [-0.4, -0.2) is 21.8 Å². The van der Waals surface area contributed by atoms with Crippen molar-refractivity contribution in [3.63, 3.8) is 0 Å². The molecule has 2 aromatic heterocycles. The molecule has 0 aliphatic carbocycles. The summed E-state index contributed by atoms with van der Waals surface area (Å²) < 4.78 is 0. The summed E-state index contributed by atoms with van der Waals surface area (Å²) in [5.74, 6) is 0.0750. The number of nitrogens with one attached hydrogen (secondary N) is 2. The Bertz CT molecular complexity index is 943. The SMILES string of the molecule is Nc1cc(NC(=O)c2ccc(CNC(=O)CCc3cccnc3)cc2)ccn1. The highest BCUT2D eigenvalue weighted by Crippen LogP contribution is 2.12. The maximum atomic E-state index is 12.3. The topological polar surface area (TPSA) is 110 Å². The number of nitrogens with zero attached hydrogens (tertiary/aromatic N) is 2. The molecule has 7 nitrogen and oxygen atoms in total. The van der Waals surface area contributed by atoms with Crippen LogP contribution < -0.4 is 16.4 Å². The van der Waals surface area contributed by atoms with Gasteiger partial charge in [0, 0.05) is 48.9 Å². The van der Waals surface area contributed by atoms with E-state index in [1.165, 1.54) is 6.20 Å². The van der Waals surface area contributed by atoms with Crippen LogP contribution in [0.4, 0.5) is 11.5 Å². The van der Waals surface area contributed by atoms with Gasteiger partial charge in [0.1, 0.15) is 5.82 Å². The van der Waals surface area contributed by atoms with Crippen molar-refractivity contribution in [3.05, 3.63) is 83.8 Å². The highest BCUT2D eigenvalue weighted by atomic mass is 16.2. The van der Waals surface area contributed by atoms with Crippen molar-refractivity contribution in [3.8, 4) is 0 Å². The van der Waals surface area contributed by atoms with Crippen molar-refractivity contribution >= 4 is 23.3 Å². The maximum Gasteiger partial charge on any atom is 0.255 e. The summed E-state index contributed by atoms with van der Waals surface area (Å²) in [6.45, 7) is 0.411. The van der Waals surface area contributed by atoms with Gasteiger partial charge in [-0.05, 0) is 41.8 Å². The Morgan fingerprint density at radius 3 is 2.54 bits per heavy atom. The van der Waals surface area contributed by atoms with Gasteiger partial charge in [0.15, 0.2) is 0 Å². The lowest BCUT2D eigenvalue weighted by Gasteiger charge is -2.08. The molecule has 0 unspecified atom stereocenters. The third-order valence-corrected chi connectivity index (χ3v) is 4.11. The summed E-state index contributed by atoms with van der Waals surface area (Å²) >= 11 is 0. The Labute approximate surface area is 163 Å². The third-order valence-electron chi connectivity index (χ3n) is 4.11. The molecule has 0 aliphatic heterocycles. The highest BCUT2D eigenvalue weighted by molar-refractivity contribution is 6.04. The summed E-state index contributed by atoms with van der Waals surface area (Å²) in [6, 6.07) is 14.1. The van der Waals surface area contributed by atoms with Crippen molar-refractivity contribution in [2.45, 2.75) is 19.4 Å². The van der Waals surface area contributed by atoms with Crippen LogP contribution in [0.3, 0.4) is 0 Å². The minimum absolute atomic E-state index is 0.0269. The van der Waals surface area contributed by atoms with E-state index in [0.29, 0.717) is 36.5 Å². The van der Waals surface area contributed by atoms with E-state index in [0.717, 1.165) is 11.1 Å². The Morgan fingerprint density at radius 1 is 1.00 bits per heavy atom. The Hall–Kier alpha value is -3.74. The molecule has 0 fully saturated rings. The van der Waals surface area contributed by atoms with E-state index < -0.39 is 0 Å². The molecular formula is C21H21N5O2. The minimum atomic E-state index is -0.238. The first-order chi connectivity index (χ1) is 13.6. The number of carbonyl (C=O) groups excluding carboxylic acids is 2. The largest absolute Gasteiger partial charge is 0.384 e. The van der Waals surface area contributed by atoms with Crippen LogP contribution in [0.2, 0.25) is 0 Å². The molecule has 0 atom stereocenters. The summed E-state index contributed by atoms with van der Waals surface area (Å²) in [5, 5.41) is 5.65. The molecule has 3 aromatic rings. The standard InChI is InChI=1S/C21H21N5O2/c22-19-12-18(9-11-24-19)26-21(28)17-6-3-16(4-7-17)14-25-20(27)8-5-15-2-1-10-23-13-15/h1-4,6-7,9-13H,5,8,14H2,(H,25,27)(H3,22,24,26,28). The van der Waals surface area contributed by atoms with Gasteiger partial charge in [0.2, 0.25) is 5.91 Å². The number of aromatic nitrogens is 2. The molecule has 1 aromatic carbocycles.